The quantitative estimate of drug-likeness (QED) is 0.176. The fourth-order valence-corrected chi connectivity index (χ4v) is 9.49. The molecular formula is C53H33N5. The summed E-state index contributed by atoms with van der Waals surface area (Å²) >= 11 is 0. The third-order valence-electron chi connectivity index (χ3n) is 11.9. The van der Waals surface area contributed by atoms with Crippen LogP contribution in [0.1, 0.15) is 22.3 Å². The van der Waals surface area contributed by atoms with Gasteiger partial charge >= 0.3 is 0 Å². The molecule has 0 bridgehead atoms. The molecule has 1 aliphatic carbocycles. The van der Waals surface area contributed by atoms with Gasteiger partial charge in [-0.3, -0.25) is 4.57 Å². The average Bonchev–Trinajstić information content (AvgIpc) is 3.84. The van der Waals surface area contributed by atoms with Gasteiger partial charge in [0.1, 0.15) is 5.82 Å². The fraction of sp³-hybridized carbons (Fsp3) is 0.0189. The molecule has 0 amide bonds. The molecule has 3 heterocycles. The molecule has 1 spiro atoms. The number of fused-ring (bicyclic) bond motifs is 9. The first-order chi connectivity index (χ1) is 28.8. The Labute approximate surface area is 335 Å². The zero-order valence-electron chi connectivity index (χ0n) is 31.3. The molecule has 1 unspecified atom stereocenters. The van der Waals surface area contributed by atoms with E-state index in [0.717, 1.165) is 55.9 Å². The van der Waals surface area contributed by atoms with Crippen LogP contribution in [0.15, 0.2) is 200 Å². The SMILES string of the molecule is c1ccc(-c2nc(-c3ccccc3)nc(-c3cccc(-c4cccc5c4-c4ccccc4C54c5ccccc5-n5c(-c6ccccc6)nc6cccc4c65)c3)n2)cc1. The molecule has 2 aromatic heterocycles. The van der Waals surface area contributed by atoms with E-state index < -0.39 is 5.41 Å². The molecule has 0 radical (unpaired) electrons. The number of hydrogen-bond donors (Lipinski definition) is 0. The molecule has 5 heteroatoms. The van der Waals surface area contributed by atoms with E-state index in [2.05, 4.69) is 144 Å². The summed E-state index contributed by atoms with van der Waals surface area (Å²) in [5.41, 5.74) is 16.4. The molecule has 0 saturated carbocycles. The van der Waals surface area contributed by atoms with Crippen molar-refractivity contribution < 1.29 is 0 Å². The maximum atomic E-state index is 5.32. The second-order valence-corrected chi connectivity index (χ2v) is 15.0. The largest absolute Gasteiger partial charge is 0.292 e. The minimum Gasteiger partial charge on any atom is -0.292 e. The standard InChI is InChI=1S/C53H33N5/c1-4-17-34(18-5-1)49-55-50(35-19-6-2-7-20-35)57-51(56-49)38-24-14-23-37(33-38)39-26-15-29-43-47(39)40-25-10-11-27-41(40)53(43)42-28-12-13-32-46(42)58-48-44(53)30-16-31-45(48)54-52(58)36-21-8-3-9-22-36/h1-33H. The Bertz CT molecular complexity index is 3170. The van der Waals surface area contributed by atoms with E-state index in [1.54, 1.807) is 0 Å². The molecule has 8 aromatic carbocycles. The van der Waals surface area contributed by atoms with Crippen LogP contribution in [-0.2, 0) is 5.41 Å². The Balaban J connectivity index is 1.09. The van der Waals surface area contributed by atoms with Gasteiger partial charge in [0.15, 0.2) is 17.5 Å². The highest BCUT2D eigenvalue weighted by molar-refractivity contribution is 6.01. The summed E-state index contributed by atoms with van der Waals surface area (Å²) in [7, 11) is 0. The van der Waals surface area contributed by atoms with Crippen LogP contribution in [0.4, 0.5) is 0 Å². The van der Waals surface area contributed by atoms with Crippen LogP contribution >= 0.6 is 0 Å². The summed E-state index contributed by atoms with van der Waals surface area (Å²) in [4.78, 5) is 20.4. The maximum Gasteiger partial charge on any atom is 0.164 e. The van der Waals surface area contributed by atoms with Crippen molar-refractivity contribution in [1.82, 2.24) is 24.5 Å². The lowest BCUT2D eigenvalue weighted by atomic mass is 9.65. The lowest BCUT2D eigenvalue weighted by Crippen LogP contribution is -2.33. The van der Waals surface area contributed by atoms with Crippen LogP contribution in [0.2, 0.25) is 0 Å². The summed E-state index contributed by atoms with van der Waals surface area (Å²) in [5.74, 6) is 2.87. The van der Waals surface area contributed by atoms with Gasteiger partial charge in [0.05, 0.1) is 22.1 Å². The Morgan fingerprint density at radius 1 is 0.345 bits per heavy atom. The lowest BCUT2D eigenvalue weighted by molar-refractivity contribution is 0.746. The number of benzene rings is 8. The van der Waals surface area contributed by atoms with Crippen molar-refractivity contribution in [2.45, 2.75) is 5.41 Å². The Hall–Kier alpha value is -7.76. The molecule has 0 saturated heterocycles. The van der Waals surface area contributed by atoms with Crippen molar-refractivity contribution in [3.8, 4) is 73.5 Å². The summed E-state index contributed by atoms with van der Waals surface area (Å²) in [5, 5.41) is 0. The van der Waals surface area contributed by atoms with Gasteiger partial charge < -0.3 is 0 Å². The van der Waals surface area contributed by atoms with Crippen LogP contribution in [0.25, 0.3) is 84.5 Å². The maximum absolute atomic E-state index is 5.32. The van der Waals surface area contributed by atoms with Gasteiger partial charge in [-0.25, -0.2) is 19.9 Å². The molecule has 1 aliphatic heterocycles. The van der Waals surface area contributed by atoms with Crippen LogP contribution in [-0.4, -0.2) is 24.5 Å². The van der Waals surface area contributed by atoms with Gasteiger partial charge in [-0.05, 0) is 62.7 Å². The van der Waals surface area contributed by atoms with Gasteiger partial charge in [0.2, 0.25) is 0 Å². The highest BCUT2D eigenvalue weighted by Gasteiger charge is 2.51. The Kier molecular flexibility index (Phi) is 7.07. The van der Waals surface area contributed by atoms with Crippen LogP contribution in [0.3, 0.4) is 0 Å². The molecule has 0 N–H and O–H groups in total. The third-order valence-corrected chi connectivity index (χ3v) is 11.9. The van der Waals surface area contributed by atoms with Gasteiger partial charge in [0, 0.05) is 22.3 Å². The first-order valence-corrected chi connectivity index (χ1v) is 19.7. The number of nitrogens with zero attached hydrogens (tertiary/aromatic N) is 5. The summed E-state index contributed by atoms with van der Waals surface area (Å²) < 4.78 is 2.39. The molecule has 1 atom stereocenters. The summed E-state index contributed by atoms with van der Waals surface area (Å²) in [6, 6.07) is 70.9. The zero-order chi connectivity index (χ0) is 38.2. The van der Waals surface area contributed by atoms with Crippen molar-refractivity contribution >= 4 is 11.0 Å². The molecule has 270 valence electrons. The number of rotatable bonds is 5. The topological polar surface area (TPSA) is 56.5 Å². The van der Waals surface area contributed by atoms with Crippen molar-refractivity contribution in [3.05, 3.63) is 222 Å². The lowest BCUT2D eigenvalue weighted by Gasteiger charge is -2.39. The number of aromatic nitrogens is 5. The van der Waals surface area contributed by atoms with Crippen LogP contribution in [0, 0.1) is 0 Å². The monoisotopic (exact) mass is 739 g/mol. The molecule has 2 aliphatic rings. The second kappa shape index (κ2) is 12.6. The van der Waals surface area contributed by atoms with Gasteiger partial charge in [0.25, 0.3) is 0 Å². The highest BCUT2D eigenvalue weighted by atomic mass is 15.1. The summed E-state index contributed by atoms with van der Waals surface area (Å²) in [6.07, 6.45) is 0. The van der Waals surface area contributed by atoms with Gasteiger partial charge in [-0.1, -0.05) is 182 Å². The predicted molar refractivity (Wildman–Crippen MR) is 232 cm³/mol. The first kappa shape index (κ1) is 32.5. The van der Waals surface area contributed by atoms with Crippen LogP contribution < -0.4 is 0 Å². The van der Waals surface area contributed by atoms with Crippen molar-refractivity contribution in [3.63, 3.8) is 0 Å². The van der Waals surface area contributed by atoms with E-state index in [4.69, 9.17) is 19.9 Å². The first-order valence-electron chi connectivity index (χ1n) is 19.7. The smallest absolute Gasteiger partial charge is 0.164 e. The summed E-state index contributed by atoms with van der Waals surface area (Å²) in [6.45, 7) is 0. The van der Waals surface area contributed by atoms with E-state index in [1.807, 2.05) is 60.7 Å². The minimum absolute atomic E-state index is 0.566. The number of hydrogen-bond acceptors (Lipinski definition) is 4. The second-order valence-electron chi connectivity index (χ2n) is 15.0. The zero-order valence-corrected chi connectivity index (χ0v) is 31.3. The Morgan fingerprint density at radius 2 is 0.845 bits per heavy atom. The van der Waals surface area contributed by atoms with E-state index in [1.165, 1.54) is 33.4 Å². The average molecular weight is 740 g/mol. The normalized spacial score (nSPS) is 14.6. The number of imidazole rings is 1. The van der Waals surface area contributed by atoms with Crippen LogP contribution in [0.5, 0.6) is 0 Å². The van der Waals surface area contributed by atoms with Crippen molar-refractivity contribution in [2.24, 2.45) is 0 Å². The fourth-order valence-electron chi connectivity index (χ4n) is 9.49. The van der Waals surface area contributed by atoms with Gasteiger partial charge in [-0.2, -0.15) is 0 Å². The van der Waals surface area contributed by atoms with E-state index in [0.29, 0.717) is 17.5 Å². The van der Waals surface area contributed by atoms with Crippen molar-refractivity contribution in [1.29, 1.82) is 0 Å². The minimum atomic E-state index is -0.566. The van der Waals surface area contributed by atoms with E-state index >= 15 is 0 Å². The molecule has 12 rings (SSSR count). The third kappa shape index (κ3) is 4.64. The van der Waals surface area contributed by atoms with Gasteiger partial charge in [-0.15, -0.1) is 0 Å². The highest BCUT2D eigenvalue weighted by Crippen LogP contribution is 2.62. The van der Waals surface area contributed by atoms with Crippen molar-refractivity contribution in [2.75, 3.05) is 0 Å². The molecule has 5 nitrogen and oxygen atoms in total. The molecule has 10 aromatic rings. The van der Waals surface area contributed by atoms with E-state index in [9.17, 15) is 0 Å². The Morgan fingerprint density at radius 3 is 1.57 bits per heavy atom. The number of para-hydroxylation sites is 2. The predicted octanol–water partition coefficient (Wildman–Crippen LogP) is 12.2. The molecular weight excluding hydrogens is 707 g/mol. The van der Waals surface area contributed by atoms with E-state index in [-0.39, 0.29) is 0 Å². The molecule has 58 heavy (non-hydrogen) atoms. The molecule has 0 fully saturated rings.